The van der Waals surface area contributed by atoms with Crippen molar-refractivity contribution in [1.82, 2.24) is 5.32 Å². The number of rotatable bonds is 5. The Balaban J connectivity index is 0.00000225. The largest absolute Gasteiger partial charge is 0.353 e. The van der Waals surface area contributed by atoms with Gasteiger partial charge in [0.2, 0.25) is 5.91 Å². The minimum atomic E-state index is -0.101. The van der Waals surface area contributed by atoms with Crippen molar-refractivity contribution in [3.63, 3.8) is 0 Å². The highest BCUT2D eigenvalue weighted by Crippen LogP contribution is 2.11. The van der Waals surface area contributed by atoms with Crippen molar-refractivity contribution >= 4 is 29.7 Å². The quantitative estimate of drug-likeness (QED) is 0.850. The second-order valence-corrected chi connectivity index (χ2v) is 4.86. The zero-order valence-electron chi connectivity index (χ0n) is 9.60. The lowest BCUT2D eigenvalue weighted by Crippen LogP contribution is -2.39. The number of nitrogens with two attached hydrogens (primary N) is 1. The molecule has 0 bridgehead atoms. The van der Waals surface area contributed by atoms with Crippen molar-refractivity contribution in [2.45, 2.75) is 26.3 Å². The van der Waals surface area contributed by atoms with E-state index in [0.29, 0.717) is 6.54 Å². The topological polar surface area (TPSA) is 55.1 Å². The first kappa shape index (κ1) is 15.4. The maximum absolute atomic E-state index is 11.5. The predicted molar refractivity (Wildman–Crippen MR) is 71.1 cm³/mol. The summed E-state index contributed by atoms with van der Waals surface area (Å²) in [6.45, 7) is 4.26. The molecule has 0 aliphatic carbocycles. The Labute approximate surface area is 107 Å². The molecule has 0 aliphatic heterocycles. The van der Waals surface area contributed by atoms with E-state index in [2.05, 4.69) is 11.4 Å². The molecule has 0 fully saturated rings. The summed E-state index contributed by atoms with van der Waals surface area (Å²) in [4.78, 5) is 12.8. The fraction of sp³-hybridized carbons (Fsp3) is 0.545. The van der Waals surface area contributed by atoms with Crippen LogP contribution in [0.3, 0.4) is 0 Å². The van der Waals surface area contributed by atoms with E-state index in [4.69, 9.17) is 5.73 Å². The van der Waals surface area contributed by atoms with Crippen LogP contribution in [0.4, 0.5) is 0 Å². The molecular formula is C11H19ClN2OS. The lowest BCUT2D eigenvalue weighted by molar-refractivity contribution is -0.124. The van der Waals surface area contributed by atoms with Gasteiger partial charge >= 0.3 is 0 Å². The summed E-state index contributed by atoms with van der Waals surface area (Å²) in [5, 5.41) is 5.00. The highest BCUT2D eigenvalue weighted by molar-refractivity contribution is 7.09. The van der Waals surface area contributed by atoms with E-state index >= 15 is 0 Å². The maximum atomic E-state index is 11.5. The SMILES string of the molecule is CC(Cc1cccs1)NC(=O)C(C)CN.Cl. The van der Waals surface area contributed by atoms with Gasteiger partial charge in [0.15, 0.2) is 0 Å². The minimum absolute atomic E-state index is 0. The van der Waals surface area contributed by atoms with E-state index in [-0.39, 0.29) is 30.3 Å². The molecule has 1 amide bonds. The van der Waals surface area contributed by atoms with Crippen molar-refractivity contribution in [2.24, 2.45) is 11.7 Å². The van der Waals surface area contributed by atoms with E-state index in [1.54, 1.807) is 11.3 Å². The van der Waals surface area contributed by atoms with Crippen molar-refractivity contribution in [2.75, 3.05) is 6.54 Å². The molecule has 0 saturated carbocycles. The summed E-state index contributed by atoms with van der Waals surface area (Å²) in [7, 11) is 0. The molecule has 0 spiro atoms. The molecule has 5 heteroatoms. The summed E-state index contributed by atoms with van der Waals surface area (Å²) in [5.41, 5.74) is 5.43. The molecule has 1 aromatic heterocycles. The van der Waals surface area contributed by atoms with Crippen LogP contribution >= 0.6 is 23.7 Å². The Morgan fingerprint density at radius 1 is 1.56 bits per heavy atom. The molecule has 2 atom stereocenters. The fourth-order valence-corrected chi connectivity index (χ4v) is 2.11. The van der Waals surface area contributed by atoms with Crippen LogP contribution < -0.4 is 11.1 Å². The predicted octanol–water partition coefficient (Wildman–Crippen LogP) is 1.81. The number of hydrogen-bond donors (Lipinski definition) is 2. The van der Waals surface area contributed by atoms with Crippen LogP contribution in [0.15, 0.2) is 17.5 Å². The Morgan fingerprint density at radius 3 is 2.75 bits per heavy atom. The van der Waals surface area contributed by atoms with Gasteiger partial charge in [-0.2, -0.15) is 0 Å². The highest BCUT2D eigenvalue weighted by atomic mass is 35.5. The number of amides is 1. The van der Waals surface area contributed by atoms with Crippen LogP contribution in [0.25, 0.3) is 0 Å². The van der Waals surface area contributed by atoms with E-state index in [9.17, 15) is 4.79 Å². The van der Waals surface area contributed by atoms with Crippen LogP contribution in [0.2, 0.25) is 0 Å². The molecule has 3 nitrogen and oxygen atoms in total. The van der Waals surface area contributed by atoms with Crippen LogP contribution in [0, 0.1) is 5.92 Å². The lowest BCUT2D eigenvalue weighted by atomic mass is 10.1. The molecule has 1 rings (SSSR count). The zero-order valence-corrected chi connectivity index (χ0v) is 11.2. The number of halogens is 1. The van der Waals surface area contributed by atoms with Crippen LogP contribution in [-0.2, 0) is 11.2 Å². The number of nitrogens with one attached hydrogen (secondary N) is 1. The lowest BCUT2D eigenvalue weighted by Gasteiger charge is -2.15. The molecule has 0 radical (unpaired) electrons. The first-order valence-corrected chi connectivity index (χ1v) is 6.04. The first-order valence-electron chi connectivity index (χ1n) is 5.16. The third kappa shape index (κ3) is 4.96. The number of thiophene rings is 1. The fourth-order valence-electron chi connectivity index (χ4n) is 1.27. The van der Waals surface area contributed by atoms with Crippen molar-refractivity contribution in [1.29, 1.82) is 0 Å². The van der Waals surface area contributed by atoms with Gasteiger partial charge in [0.1, 0.15) is 0 Å². The number of carbonyl (C=O) groups is 1. The van der Waals surface area contributed by atoms with Gasteiger partial charge in [0.05, 0.1) is 0 Å². The maximum Gasteiger partial charge on any atom is 0.224 e. The Bertz CT molecular complexity index is 303. The normalized spacial score (nSPS) is 13.7. The smallest absolute Gasteiger partial charge is 0.224 e. The molecule has 3 N–H and O–H groups in total. The van der Waals surface area contributed by atoms with Crippen LogP contribution in [0.1, 0.15) is 18.7 Å². The zero-order chi connectivity index (χ0) is 11.3. The second-order valence-electron chi connectivity index (χ2n) is 3.83. The molecule has 0 aromatic carbocycles. The van der Waals surface area contributed by atoms with E-state index in [0.717, 1.165) is 6.42 Å². The van der Waals surface area contributed by atoms with Crippen molar-refractivity contribution in [3.8, 4) is 0 Å². The van der Waals surface area contributed by atoms with Gasteiger partial charge < -0.3 is 11.1 Å². The summed E-state index contributed by atoms with van der Waals surface area (Å²) in [6, 6.07) is 4.28. The molecule has 1 aromatic rings. The minimum Gasteiger partial charge on any atom is -0.353 e. The average Bonchev–Trinajstić information content (AvgIpc) is 2.68. The Hall–Kier alpha value is -0.580. The molecule has 1 heterocycles. The monoisotopic (exact) mass is 262 g/mol. The number of carbonyl (C=O) groups excluding carboxylic acids is 1. The standard InChI is InChI=1S/C11H18N2OS.ClH/c1-8(7-12)11(14)13-9(2)6-10-4-3-5-15-10;/h3-5,8-9H,6-7,12H2,1-2H3,(H,13,14);1H. The molecule has 2 unspecified atom stereocenters. The molecule has 92 valence electrons. The average molecular weight is 263 g/mol. The Morgan fingerprint density at radius 2 is 2.25 bits per heavy atom. The van der Waals surface area contributed by atoms with Gasteiger partial charge in [-0.25, -0.2) is 0 Å². The number of hydrogen-bond acceptors (Lipinski definition) is 3. The molecule has 0 saturated heterocycles. The highest BCUT2D eigenvalue weighted by Gasteiger charge is 2.13. The van der Waals surface area contributed by atoms with Crippen molar-refractivity contribution < 1.29 is 4.79 Å². The molecule has 16 heavy (non-hydrogen) atoms. The van der Waals surface area contributed by atoms with Crippen LogP contribution in [0.5, 0.6) is 0 Å². The van der Waals surface area contributed by atoms with Gasteiger partial charge in [-0.05, 0) is 18.4 Å². The third-order valence-corrected chi connectivity index (χ3v) is 3.18. The summed E-state index contributed by atoms with van der Waals surface area (Å²) >= 11 is 1.72. The van der Waals surface area contributed by atoms with Gasteiger partial charge in [-0.3, -0.25) is 4.79 Å². The van der Waals surface area contributed by atoms with Gasteiger partial charge in [-0.15, -0.1) is 23.7 Å². The van der Waals surface area contributed by atoms with E-state index in [1.165, 1.54) is 4.88 Å². The summed E-state index contributed by atoms with van der Waals surface area (Å²) < 4.78 is 0. The molecular weight excluding hydrogens is 244 g/mol. The summed E-state index contributed by atoms with van der Waals surface area (Å²) in [6.07, 6.45) is 0.890. The van der Waals surface area contributed by atoms with E-state index < -0.39 is 0 Å². The molecule has 0 aliphatic rings. The van der Waals surface area contributed by atoms with Gasteiger partial charge in [-0.1, -0.05) is 13.0 Å². The first-order chi connectivity index (χ1) is 7.13. The van der Waals surface area contributed by atoms with E-state index in [1.807, 2.05) is 25.3 Å². The van der Waals surface area contributed by atoms with Gasteiger partial charge in [0, 0.05) is 29.8 Å². The van der Waals surface area contributed by atoms with Crippen molar-refractivity contribution in [3.05, 3.63) is 22.4 Å². The summed E-state index contributed by atoms with van der Waals surface area (Å²) in [5.74, 6) is -0.0580. The Kier molecular flexibility index (Phi) is 7.38. The van der Waals surface area contributed by atoms with Gasteiger partial charge in [0.25, 0.3) is 0 Å². The second kappa shape index (κ2) is 7.65. The third-order valence-electron chi connectivity index (χ3n) is 2.28. The van der Waals surface area contributed by atoms with Crippen LogP contribution in [-0.4, -0.2) is 18.5 Å².